The maximum absolute atomic E-state index is 13.5. The minimum absolute atomic E-state index is 0.00962. The molecule has 0 radical (unpaired) electrons. The van der Waals surface area contributed by atoms with E-state index in [4.69, 9.17) is 0 Å². The first-order valence-corrected chi connectivity index (χ1v) is 8.14. The number of amides is 1. The van der Waals surface area contributed by atoms with Gasteiger partial charge in [0.15, 0.2) is 0 Å². The van der Waals surface area contributed by atoms with Crippen molar-refractivity contribution in [3.63, 3.8) is 0 Å². The van der Waals surface area contributed by atoms with Crippen LogP contribution in [-0.4, -0.2) is 12.5 Å². The molecule has 0 fully saturated rings. The van der Waals surface area contributed by atoms with Gasteiger partial charge in [-0.2, -0.15) is 0 Å². The molecule has 0 aromatic heterocycles. The molecule has 2 N–H and O–H groups in total. The molecular formula is C19H22F2N2O. The summed E-state index contributed by atoms with van der Waals surface area (Å²) in [4.78, 5) is 11.9. The lowest BCUT2D eigenvalue weighted by Crippen LogP contribution is -2.18. The van der Waals surface area contributed by atoms with Gasteiger partial charge in [0.25, 0.3) is 0 Å². The van der Waals surface area contributed by atoms with Crippen molar-refractivity contribution in [1.82, 2.24) is 0 Å². The summed E-state index contributed by atoms with van der Waals surface area (Å²) in [7, 11) is 0. The lowest BCUT2D eigenvalue weighted by molar-refractivity contribution is -0.116. The van der Waals surface area contributed by atoms with E-state index in [9.17, 15) is 13.6 Å². The van der Waals surface area contributed by atoms with Crippen LogP contribution in [-0.2, 0) is 17.6 Å². The molecule has 1 amide bonds. The number of anilines is 2. The summed E-state index contributed by atoms with van der Waals surface area (Å²) in [6.07, 6.45) is 2.00. The Balaban J connectivity index is 1.93. The predicted molar refractivity (Wildman–Crippen MR) is 93.3 cm³/mol. The van der Waals surface area contributed by atoms with Crippen LogP contribution in [0.5, 0.6) is 0 Å². The summed E-state index contributed by atoms with van der Waals surface area (Å²) in [6, 6.07) is 9.25. The number of para-hydroxylation sites is 1. The average Bonchev–Trinajstić information content (AvgIpc) is 2.57. The molecule has 0 bridgehead atoms. The first-order valence-electron chi connectivity index (χ1n) is 8.14. The number of benzene rings is 2. The molecule has 2 rings (SSSR count). The third-order valence-corrected chi connectivity index (χ3v) is 3.86. The molecule has 0 aliphatic carbocycles. The molecule has 0 saturated carbocycles. The Morgan fingerprint density at radius 3 is 2.29 bits per heavy atom. The van der Waals surface area contributed by atoms with Gasteiger partial charge in [0.1, 0.15) is 11.6 Å². The van der Waals surface area contributed by atoms with Crippen molar-refractivity contribution in [2.24, 2.45) is 0 Å². The van der Waals surface area contributed by atoms with Gasteiger partial charge in [-0.25, -0.2) is 8.78 Å². The lowest BCUT2D eigenvalue weighted by Gasteiger charge is -2.15. The predicted octanol–water partition coefficient (Wildman–Crippen LogP) is 4.53. The third kappa shape index (κ3) is 4.54. The van der Waals surface area contributed by atoms with Crippen LogP contribution in [0, 0.1) is 11.6 Å². The Bertz CT molecular complexity index is 694. The quantitative estimate of drug-likeness (QED) is 0.782. The van der Waals surface area contributed by atoms with Gasteiger partial charge < -0.3 is 10.6 Å². The first kappa shape index (κ1) is 17.9. The van der Waals surface area contributed by atoms with E-state index in [1.165, 1.54) is 17.2 Å². The van der Waals surface area contributed by atoms with E-state index in [0.717, 1.165) is 30.7 Å². The normalized spacial score (nSPS) is 10.5. The second-order valence-corrected chi connectivity index (χ2v) is 5.51. The van der Waals surface area contributed by atoms with Crippen LogP contribution in [0.2, 0.25) is 0 Å². The summed E-state index contributed by atoms with van der Waals surface area (Å²) in [6.45, 7) is 4.62. The molecule has 24 heavy (non-hydrogen) atoms. The third-order valence-electron chi connectivity index (χ3n) is 3.86. The number of rotatable bonds is 7. The number of hydrogen-bond donors (Lipinski definition) is 2. The van der Waals surface area contributed by atoms with Gasteiger partial charge >= 0.3 is 0 Å². The van der Waals surface area contributed by atoms with Gasteiger partial charge in [0.05, 0.1) is 5.69 Å². The van der Waals surface area contributed by atoms with E-state index in [0.29, 0.717) is 6.54 Å². The summed E-state index contributed by atoms with van der Waals surface area (Å²) >= 11 is 0. The number of carbonyl (C=O) groups is 1. The van der Waals surface area contributed by atoms with Crippen LogP contribution in [0.25, 0.3) is 0 Å². The molecule has 0 spiro atoms. The molecule has 3 nitrogen and oxygen atoms in total. The van der Waals surface area contributed by atoms with Crippen LogP contribution in [0.3, 0.4) is 0 Å². The van der Waals surface area contributed by atoms with Crippen molar-refractivity contribution in [2.45, 2.75) is 33.1 Å². The Kier molecular flexibility index (Phi) is 6.29. The number of carbonyl (C=O) groups excluding carboxylic acids is 1. The second kappa shape index (κ2) is 8.43. The number of halogens is 2. The molecule has 0 aliphatic rings. The Hall–Kier alpha value is -2.43. The van der Waals surface area contributed by atoms with Crippen molar-refractivity contribution in [1.29, 1.82) is 0 Å². The fourth-order valence-electron chi connectivity index (χ4n) is 2.57. The van der Waals surface area contributed by atoms with E-state index in [-0.39, 0.29) is 18.0 Å². The highest BCUT2D eigenvalue weighted by molar-refractivity contribution is 5.91. The zero-order chi connectivity index (χ0) is 17.5. The highest BCUT2D eigenvalue weighted by Gasteiger charge is 2.09. The second-order valence-electron chi connectivity index (χ2n) is 5.51. The van der Waals surface area contributed by atoms with E-state index in [1.54, 1.807) is 0 Å². The van der Waals surface area contributed by atoms with E-state index in [1.807, 2.05) is 6.07 Å². The Morgan fingerprint density at radius 2 is 1.71 bits per heavy atom. The standard InChI is InChI=1S/C19H22F2N2O/c1-3-13-6-5-7-14(4-2)19(13)22-11-10-18(24)23-17-9-8-15(20)12-16(17)21/h5-9,12,22H,3-4,10-11H2,1-2H3,(H,23,24). The fourth-order valence-corrected chi connectivity index (χ4v) is 2.57. The van der Waals surface area contributed by atoms with Gasteiger partial charge in [0, 0.05) is 24.7 Å². The summed E-state index contributed by atoms with van der Waals surface area (Å²) in [5.74, 6) is -1.77. The highest BCUT2D eigenvalue weighted by Crippen LogP contribution is 2.22. The molecule has 0 atom stereocenters. The molecular weight excluding hydrogens is 310 g/mol. The monoisotopic (exact) mass is 332 g/mol. The van der Waals surface area contributed by atoms with Crippen molar-refractivity contribution in [3.05, 3.63) is 59.2 Å². The molecule has 2 aromatic carbocycles. The summed E-state index contributed by atoms with van der Waals surface area (Å²) in [5, 5.41) is 5.77. The zero-order valence-corrected chi connectivity index (χ0v) is 14.0. The van der Waals surface area contributed by atoms with Crippen LogP contribution in [0.15, 0.2) is 36.4 Å². The topological polar surface area (TPSA) is 41.1 Å². The zero-order valence-electron chi connectivity index (χ0n) is 14.0. The maximum Gasteiger partial charge on any atom is 0.226 e. The number of aryl methyl sites for hydroxylation is 2. The molecule has 0 aliphatic heterocycles. The molecule has 5 heteroatoms. The largest absolute Gasteiger partial charge is 0.384 e. The molecule has 128 valence electrons. The first-order chi connectivity index (χ1) is 11.5. The minimum atomic E-state index is -0.777. The minimum Gasteiger partial charge on any atom is -0.384 e. The van der Waals surface area contributed by atoms with Gasteiger partial charge in [-0.1, -0.05) is 32.0 Å². The van der Waals surface area contributed by atoms with Crippen LogP contribution >= 0.6 is 0 Å². The van der Waals surface area contributed by atoms with Crippen LogP contribution < -0.4 is 10.6 Å². The summed E-state index contributed by atoms with van der Waals surface area (Å²) < 4.78 is 26.4. The molecule has 2 aromatic rings. The maximum atomic E-state index is 13.5. The van der Waals surface area contributed by atoms with Crippen molar-refractivity contribution in [3.8, 4) is 0 Å². The van der Waals surface area contributed by atoms with E-state index in [2.05, 4.69) is 36.6 Å². The van der Waals surface area contributed by atoms with E-state index >= 15 is 0 Å². The number of nitrogens with one attached hydrogen (secondary N) is 2. The Labute approximate surface area is 141 Å². The lowest BCUT2D eigenvalue weighted by atomic mass is 10.0. The van der Waals surface area contributed by atoms with Gasteiger partial charge in [-0.15, -0.1) is 0 Å². The van der Waals surface area contributed by atoms with Gasteiger partial charge in [-0.05, 0) is 36.1 Å². The fraction of sp³-hybridized carbons (Fsp3) is 0.316. The molecule has 0 heterocycles. The van der Waals surface area contributed by atoms with Crippen molar-refractivity contribution in [2.75, 3.05) is 17.2 Å². The Morgan fingerprint density at radius 1 is 1.04 bits per heavy atom. The van der Waals surface area contributed by atoms with Gasteiger partial charge in [-0.3, -0.25) is 4.79 Å². The molecule has 0 unspecified atom stereocenters. The molecule has 0 saturated heterocycles. The number of hydrogen-bond acceptors (Lipinski definition) is 2. The van der Waals surface area contributed by atoms with Crippen molar-refractivity contribution >= 4 is 17.3 Å². The average molecular weight is 332 g/mol. The van der Waals surface area contributed by atoms with Crippen LogP contribution in [0.1, 0.15) is 31.4 Å². The smallest absolute Gasteiger partial charge is 0.226 e. The van der Waals surface area contributed by atoms with E-state index < -0.39 is 11.6 Å². The highest BCUT2D eigenvalue weighted by atomic mass is 19.1. The van der Waals surface area contributed by atoms with Crippen molar-refractivity contribution < 1.29 is 13.6 Å². The van der Waals surface area contributed by atoms with Crippen LogP contribution in [0.4, 0.5) is 20.2 Å². The summed E-state index contributed by atoms with van der Waals surface area (Å²) in [5.41, 5.74) is 3.48. The SMILES string of the molecule is CCc1cccc(CC)c1NCCC(=O)Nc1ccc(F)cc1F. The van der Waals surface area contributed by atoms with Gasteiger partial charge in [0.2, 0.25) is 5.91 Å².